The number of rotatable bonds is 11. The third-order valence-electron chi connectivity index (χ3n) is 4.24. The molecule has 0 fully saturated rings. The minimum atomic E-state index is -1.40. The molecule has 3 atom stereocenters. The molecule has 1 aromatic carbocycles. The maximum Gasteiger partial charge on any atom is 0.513 e. The smallest absolute Gasteiger partial charge is 0.480 e. The van der Waals surface area contributed by atoms with Crippen molar-refractivity contribution in [1.82, 2.24) is 0 Å². The van der Waals surface area contributed by atoms with Crippen LogP contribution in [0.5, 0.6) is 11.5 Å². The highest BCUT2D eigenvalue weighted by Crippen LogP contribution is 2.35. The molecule has 1 rings (SSSR count). The Hall–Kier alpha value is -3.54. The number of hydrogen-bond acceptors (Lipinski definition) is 11. The summed E-state index contributed by atoms with van der Waals surface area (Å²) in [6.07, 6.45) is -4.18. The van der Waals surface area contributed by atoms with Crippen molar-refractivity contribution >= 4 is 24.4 Å². The topological polar surface area (TPSA) is 170 Å². The Morgan fingerprint density at radius 1 is 0.882 bits per heavy atom. The number of ether oxygens (including phenoxy) is 6. The van der Waals surface area contributed by atoms with E-state index in [1.54, 1.807) is 34.6 Å². The van der Waals surface area contributed by atoms with Crippen LogP contribution in [0.15, 0.2) is 18.2 Å². The Morgan fingerprint density at radius 3 is 1.94 bits per heavy atom. The Kier molecular flexibility index (Phi) is 11.6. The van der Waals surface area contributed by atoms with Crippen LogP contribution in [0.25, 0.3) is 0 Å². The van der Waals surface area contributed by atoms with Gasteiger partial charge in [0.2, 0.25) is 0 Å². The average Bonchev–Trinajstić information content (AvgIpc) is 2.72. The minimum Gasteiger partial charge on any atom is -0.480 e. The van der Waals surface area contributed by atoms with Gasteiger partial charge in [0, 0.05) is 5.92 Å². The average molecular weight is 485 g/mol. The summed E-state index contributed by atoms with van der Waals surface area (Å²) in [5, 5.41) is 9.50. The fourth-order valence-electron chi connectivity index (χ4n) is 2.85. The van der Waals surface area contributed by atoms with Crippen molar-refractivity contribution in [1.29, 1.82) is 0 Å². The highest BCUT2D eigenvalue weighted by molar-refractivity contribution is 5.75. The van der Waals surface area contributed by atoms with Gasteiger partial charge in [0.05, 0.1) is 19.3 Å². The summed E-state index contributed by atoms with van der Waals surface area (Å²) in [5.74, 6) is -2.58. The second kappa shape index (κ2) is 13.9. The van der Waals surface area contributed by atoms with E-state index in [-0.39, 0.29) is 31.1 Å². The van der Waals surface area contributed by atoms with Gasteiger partial charge >= 0.3 is 24.4 Å². The Balaban J connectivity index is 3.28. The van der Waals surface area contributed by atoms with Gasteiger partial charge in [-0.2, -0.15) is 0 Å². The molecule has 0 aliphatic rings. The van der Waals surface area contributed by atoms with Gasteiger partial charge in [-0.15, -0.1) is 0 Å². The number of carboxylic acids is 1. The number of carboxylic acid groups (broad SMARTS) is 1. The van der Waals surface area contributed by atoms with Gasteiger partial charge in [-0.1, -0.05) is 6.07 Å². The predicted octanol–water partition coefficient (Wildman–Crippen LogP) is 3.59. The van der Waals surface area contributed by atoms with E-state index in [2.05, 4.69) is 0 Å². The number of carbonyl (C=O) groups is 4. The Labute approximate surface area is 197 Å². The normalized spacial score (nSPS) is 13.3. The van der Waals surface area contributed by atoms with Gasteiger partial charge in [0.25, 0.3) is 0 Å². The monoisotopic (exact) mass is 485 g/mol. The molecular weight excluding hydrogens is 454 g/mol. The standard InChI is InChI=1S/C22H31NO11/c1-6-29-20(26)33-16-9-8-14(11-17(16)34-21(27)30-7-2)15(18(23)19(24)25)10-13(5)32-22(28)31-12(3)4/h8-9,11-13,15,18H,6-7,10,23H2,1-5H3,(H,24,25)/t13?,15?,18-/m0/s1. The number of aliphatic carboxylic acids is 1. The van der Waals surface area contributed by atoms with E-state index in [1.807, 2.05) is 0 Å². The van der Waals surface area contributed by atoms with Crippen molar-refractivity contribution < 1.29 is 52.7 Å². The number of hydrogen-bond donors (Lipinski definition) is 2. The van der Waals surface area contributed by atoms with Crippen LogP contribution in [0.4, 0.5) is 14.4 Å². The molecule has 3 N–H and O–H groups in total. The summed E-state index contributed by atoms with van der Waals surface area (Å²) in [4.78, 5) is 47.1. The summed E-state index contributed by atoms with van der Waals surface area (Å²) in [6.45, 7) is 8.09. The van der Waals surface area contributed by atoms with Crippen molar-refractivity contribution in [3.8, 4) is 11.5 Å². The maximum atomic E-state index is 11.9. The van der Waals surface area contributed by atoms with E-state index in [0.717, 1.165) is 0 Å². The zero-order valence-electron chi connectivity index (χ0n) is 19.8. The zero-order chi connectivity index (χ0) is 25.8. The first kappa shape index (κ1) is 28.5. The molecule has 12 heteroatoms. The summed E-state index contributed by atoms with van der Waals surface area (Å²) in [7, 11) is 0. The maximum absolute atomic E-state index is 11.9. The van der Waals surface area contributed by atoms with Crippen molar-refractivity contribution in [3.63, 3.8) is 0 Å². The number of carbonyl (C=O) groups excluding carboxylic acids is 3. The first-order valence-electron chi connectivity index (χ1n) is 10.7. The van der Waals surface area contributed by atoms with Gasteiger partial charge in [0.15, 0.2) is 11.5 Å². The van der Waals surface area contributed by atoms with Gasteiger partial charge in [-0.05, 0) is 58.7 Å². The lowest BCUT2D eigenvalue weighted by Gasteiger charge is -2.25. The van der Waals surface area contributed by atoms with Gasteiger partial charge in [0.1, 0.15) is 12.1 Å². The van der Waals surface area contributed by atoms with Crippen LogP contribution in [-0.2, 0) is 23.7 Å². The molecule has 0 spiro atoms. The SMILES string of the molecule is CCOC(=O)Oc1ccc(C(CC(C)OC(=O)OC(C)C)[C@H](N)C(=O)O)cc1OC(=O)OCC. The van der Waals surface area contributed by atoms with Gasteiger partial charge in [-0.25, -0.2) is 14.4 Å². The predicted molar refractivity (Wildman–Crippen MR) is 117 cm³/mol. The van der Waals surface area contributed by atoms with Crippen LogP contribution in [0.1, 0.15) is 52.5 Å². The molecule has 34 heavy (non-hydrogen) atoms. The van der Waals surface area contributed by atoms with E-state index in [9.17, 15) is 24.3 Å². The summed E-state index contributed by atoms with van der Waals surface area (Å²) >= 11 is 0. The lowest BCUT2D eigenvalue weighted by atomic mass is 9.87. The van der Waals surface area contributed by atoms with Crippen LogP contribution in [-0.4, -0.2) is 61.0 Å². The lowest BCUT2D eigenvalue weighted by Crippen LogP contribution is -2.38. The van der Waals surface area contributed by atoms with E-state index >= 15 is 0 Å². The quantitative estimate of drug-likeness (QED) is 0.265. The van der Waals surface area contributed by atoms with Crippen molar-refractivity contribution in [2.45, 2.75) is 65.2 Å². The molecule has 0 saturated heterocycles. The van der Waals surface area contributed by atoms with Gasteiger partial charge in [-0.3, -0.25) is 4.79 Å². The lowest BCUT2D eigenvalue weighted by molar-refractivity contribution is -0.139. The molecular formula is C22H31NO11. The molecule has 0 bridgehead atoms. The first-order valence-corrected chi connectivity index (χ1v) is 10.7. The van der Waals surface area contributed by atoms with Gasteiger partial charge < -0.3 is 39.3 Å². The number of nitrogens with two attached hydrogens (primary N) is 1. The molecule has 190 valence electrons. The zero-order valence-corrected chi connectivity index (χ0v) is 19.8. The molecule has 0 heterocycles. The third-order valence-corrected chi connectivity index (χ3v) is 4.24. The number of benzene rings is 1. The molecule has 0 amide bonds. The van der Waals surface area contributed by atoms with Crippen LogP contribution in [0.3, 0.4) is 0 Å². The fraction of sp³-hybridized carbons (Fsp3) is 0.545. The largest absolute Gasteiger partial charge is 0.513 e. The molecule has 0 aliphatic carbocycles. The molecule has 0 aromatic heterocycles. The highest BCUT2D eigenvalue weighted by Gasteiger charge is 2.30. The van der Waals surface area contributed by atoms with Crippen LogP contribution < -0.4 is 15.2 Å². The molecule has 0 radical (unpaired) electrons. The van der Waals surface area contributed by atoms with E-state index < -0.39 is 48.6 Å². The van der Waals surface area contributed by atoms with Crippen molar-refractivity contribution in [2.75, 3.05) is 13.2 Å². The Morgan fingerprint density at radius 2 is 1.44 bits per heavy atom. The van der Waals surface area contributed by atoms with E-state index in [4.69, 9.17) is 34.2 Å². The second-order valence-electron chi connectivity index (χ2n) is 7.33. The Bertz CT molecular complexity index is 855. The highest BCUT2D eigenvalue weighted by atomic mass is 16.7. The van der Waals surface area contributed by atoms with E-state index in [0.29, 0.717) is 5.56 Å². The summed E-state index contributed by atoms with van der Waals surface area (Å²) in [6, 6.07) is 2.62. The van der Waals surface area contributed by atoms with Crippen LogP contribution >= 0.6 is 0 Å². The van der Waals surface area contributed by atoms with Crippen LogP contribution in [0, 0.1) is 0 Å². The molecule has 2 unspecified atom stereocenters. The van der Waals surface area contributed by atoms with E-state index in [1.165, 1.54) is 18.2 Å². The van der Waals surface area contributed by atoms with Crippen LogP contribution in [0.2, 0.25) is 0 Å². The molecule has 1 aromatic rings. The van der Waals surface area contributed by atoms with Crippen molar-refractivity contribution in [3.05, 3.63) is 23.8 Å². The first-order chi connectivity index (χ1) is 16.0. The summed E-state index contributed by atoms with van der Waals surface area (Å²) in [5.41, 5.74) is 6.22. The van der Waals surface area contributed by atoms with Crippen molar-refractivity contribution in [2.24, 2.45) is 5.73 Å². The third kappa shape index (κ3) is 9.53. The minimum absolute atomic E-state index is 0.00239. The molecule has 0 aliphatic heterocycles. The fourth-order valence-corrected chi connectivity index (χ4v) is 2.85. The molecule has 0 saturated carbocycles. The molecule has 12 nitrogen and oxygen atoms in total. The second-order valence-corrected chi connectivity index (χ2v) is 7.33. The summed E-state index contributed by atoms with van der Waals surface area (Å²) < 4.78 is 29.8.